The molecule has 2 aromatic rings. The van der Waals surface area contributed by atoms with E-state index in [0.29, 0.717) is 42.8 Å². The summed E-state index contributed by atoms with van der Waals surface area (Å²) in [6.07, 6.45) is 4.17. The second-order valence-electron chi connectivity index (χ2n) is 12.0. The Morgan fingerprint density at radius 1 is 1.15 bits per heavy atom. The van der Waals surface area contributed by atoms with Crippen molar-refractivity contribution in [1.82, 2.24) is 5.32 Å². The van der Waals surface area contributed by atoms with Gasteiger partial charge in [0.25, 0.3) is 5.91 Å². The number of azide groups is 1. The molecule has 1 saturated heterocycles. The number of methoxy groups -OCH3 is 1. The molecular weight excluding hydrogens is 522 g/mol. The molecule has 220 valence electrons. The van der Waals surface area contributed by atoms with Crippen LogP contribution in [0.1, 0.15) is 67.8 Å². The Morgan fingerprint density at radius 2 is 1.90 bits per heavy atom. The Kier molecular flexibility index (Phi) is 10.00. The van der Waals surface area contributed by atoms with Gasteiger partial charge in [-0.05, 0) is 84.2 Å². The lowest BCUT2D eigenvalue weighted by molar-refractivity contribution is -0.137. The minimum atomic E-state index is -0.759. The summed E-state index contributed by atoms with van der Waals surface area (Å²) in [5, 5.41) is 16.0. The van der Waals surface area contributed by atoms with Crippen molar-refractivity contribution in [2.45, 2.75) is 51.9 Å². The number of benzene rings is 2. The van der Waals surface area contributed by atoms with Crippen LogP contribution in [0.25, 0.3) is 10.4 Å². The number of anilines is 1. The van der Waals surface area contributed by atoms with Gasteiger partial charge in [0.1, 0.15) is 11.5 Å². The van der Waals surface area contributed by atoms with Gasteiger partial charge in [-0.1, -0.05) is 31.1 Å². The van der Waals surface area contributed by atoms with Gasteiger partial charge in [-0.25, -0.2) is 0 Å². The van der Waals surface area contributed by atoms with Crippen LogP contribution in [0.2, 0.25) is 0 Å². The van der Waals surface area contributed by atoms with E-state index in [2.05, 4.69) is 20.2 Å². The Balaban J connectivity index is 1.35. The molecule has 10 heteroatoms. The highest BCUT2D eigenvalue weighted by Gasteiger charge is 2.34. The summed E-state index contributed by atoms with van der Waals surface area (Å²) in [7, 11) is 1.62. The molecule has 0 spiro atoms. The quantitative estimate of drug-likeness (QED) is 0.164. The van der Waals surface area contributed by atoms with Crippen LogP contribution in [0, 0.1) is 17.3 Å². The molecule has 41 heavy (non-hydrogen) atoms. The summed E-state index contributed by atoms with van der Waals surface area (Å²) >= 11 is 0. The van der Waals surface area contributed by atoms with Crippen LogP contribution in [0.4, 0.5) is 5.69 Å². The fraction of sp³-hybridized carbons (Fsp3) is 0.548. The predicted molar refractivity (Wildman–Crippen MR) is 158 cm³/mol. The third-order valence-corrected chi connectivity index (χ3v) is 8.05. The second kappa shape index (κ2) is 13.6. The zero-order valence-electron chi connectivity index (χ0n) is 24.2. The van der Waals surface area contributed by atoms with Crippen molar-refractivity contribution in [3.8, 4) is 11.5 Å². The number of nitrogens with zero attached hydrogens (tertiary/aromatic N) is 4. The van der Waals surface area contributed by atoms with Crippen LogP contribution in [-0.2, 0) is 4.79 Å². The largest absolute Gasteiger partial charge is 0.497 e. The fourth-order valence-electron chi connectivity index (χ4n) is 5.42. The van der Waals surface area contributed by atoms with Crippen molar-refractivity contribution in [3.05, 3.63) is 64.0 Å². The van der Waals surface area contributed by atoms with Crippen LogP contribution >= 0.6 is 0 Å². The average Bonchev–Trinajstić information content (AvgIpc) is 3.82. The molecule has 2 aromatic carbocycles. The van der Waals surface area contributed by atoms with Gasteiger partial charge in [0, 0.05) is 37.2 Å². The van der Waals surface area contributed by atoms with Gasteiger partial charge >= 0.3 is 5.97 Å². The van der Waals surface area contributed by atoms with Gasteiger partial charge < -0.3 is 24.8 Å². The molecule has 0 bridgehead atoms. The van der Waals surface area contributed by atoms with E-state index in [9.17, 15) is 14.7 Å². The number of ether oxygens (including phenoxy) is 2. The first-order valence-corrected chi connectivity index (χ1v) is 14.4. The molecule has 4 rings (SSSR count). The van der Waals surface area contributed by atoms with E-state index >= 15 is 0 Å². The van der Waals surface area contributed by atoms with Crippen molar-refractivity contribution in [2.24, 2.45) is 22.4 Å². The number of rotatable bonds is 14. The Bertz CT molecular complexity index is 1260. The Morgan fingerprint density at radius 3 is 2.56 bits per heavy atom. The number of carboxylic acid groups (broad SMARTS) is 1. The standard InChI is InChI=1S/C31H41N5O5/c1-31(2,20-34-35-32)19-33-30(39)26-10-9-24(40-3)16-28(26)36-13-11-21(12-14-36)18-41-25-6-4-5-23(15-25)27(17-29(37)38)22-7-8-22/h4-6,9-10,15-16,21-22,27H,7-8,11-14,17-20H2,1-3H3,(H,33,39)(H,37,38). The molecule has 1 unspecified atom stereocenters. The van der Waals surface area contributed by atoms with E-state index in [0.717, 1.165) is 55.8 Å². The summed E-state index contributed by atoms with van der Waals surface area (Å²) in [4.78, 5) is 29.6. The van der Waals surface area contributed by atoms with Gasteiger partial charge in [0.15, 0.2) is 0 Å². The molecule has 2 aliphatic rings. The number of carboxylic acids is 1. The first kappa shape index (κ1) is 30.1. The SMILES string of the molecule is COc1ccc(C(=O)NCC(C)(C)CN=[N+]=[N-])c(N2CCC(COc3cccc(C(CC(=O)O)C4CC4)c3)CC2)c1. The molecular formula is C31H41N5O5. The van der Waals surface area contributed by atoms with E-state index in [1.165, 1.54) is 0 Å². The smallest absolute Gasteiger partial charge is 0.303 e. The van der Waals surface area contributed by atoms with Crippen LogP contribution < -0.4 is 19.7 Å². The number of hydrogen-bond donors (Lipinski definition) is 2. The lowest BCUT2D eigenvalue weighted by Crippen LogP contribution is -2.39. The highest BCUT2D eigenvalue weighted by molar-refractivity contribution is 6.00. The van der Waals surface area contributed by atoms with Crippen molar-refractivity contribution in [3.63, 3.8) is 0 Å². The van der Waals surface area contributed by atoms with Crippen LogP contribution in [0.5, 0.6) is 11.5 Å². The van der Waals surface area contributed by atoms with Gasteiger partial charge in [0.2, 0.25) is 0 Å². The maximum Gasteiger partial charge on any atom is 0.303 e. The fourth-order valence-corrected chi connectivity index (χ4v) is 5.42. The number of amides is 1. The van der Waals surface area contributed by atoms with Gasteiger partial charge in [-0.3, -0.25) is 9.59 Å². The molecule has 1 aliphatic carbocycles. The number of carbonyl (C=O) groups is 2. The summed E-state index contributed by atoms with van der Waals surface area (Å²) in [6, 6.07) is 13.4. The van der Waals surface area contributed by atoms with E-state index in [4.69, 9.17) is 15.0 Å². The van der Waals surface area contributed by atoms with Crippen molar-refractivity contribution in [1.29, 1.82) is 0 Å². The molecule has 2 fully saturated rings. The molecule has 1 saturated carbocycles. The van der Waals surface area contributed by atoms with E-state index in [1.807, 2.05) is 44.2 Å². The van der Waals surface area contributed by atoms with Crippen molar-refractivity contribution < 1.29 is 24.2 Å². The first-order chi connectivity index (χ1) is 19.7. The summed E-state index contributed by atoms with van der Waals surface area (Å²) in [5.74, 6) is 1.43. The maximum atomic E-state index is 13.2. The van der Waals surface area contributed by atoms with Gasteiger partial charge in [-0.2, -0.15) is 0 Å². The van der Waals surface area contributed by atoms with Crippen molar-refractivity contribution in [2.75, 3.05) is 44.8 Å². The third kappa shape index (κ3) is 8.54. The monoisotopic (exact) mass is 563 g/mol. The lowest BCUT2D eigenvalue weighted by atomic mass is 9.91. The lowest BCUT2D eigenvalue weighted by Gasteiger charge is -2.35. The first-order valence-electron chi connectivity index (χ1n) is 14.4. The number of carbonyl (C=O) groups excluding carboxylic acids is 1. The Hall–Kier alpha value is -3.91. The Labute approximate surface area is 241 Å². The highest BCUT2D eigenvalue weighted by Crippen LogP contribution is 2.45. The molecule has 1 amide bonds. The minimum Gasteiger partial charge on any atom is -0.497 e. The summed E-state index contributed by atoms with van der Waals surface area (Å²) in [6.45, 7) is 6.73. The summed E-state index contributed by atoms with van der Waals surface area (Å²) in [5.41, 5.74) is 10.7. The van der Waals surface area contributed by atoms with Crippen molar-refractivity contribution >= 4 is 17.6 Å². The molecule has 1 atom stereocenters. The van der Waals surface area contributed by atoms with Gasteiger partial charge in [-0.15, -0.1) is 0 Å². The van der Waals surface area contributed by atoms with E-state index in [-0.39, 0.29) is 23.7 Å². The predicted octanol–water partition coefficient (Wildman–Crippen LogP) is 6.03. The van der Waals surface area contributed by atoms with Crippen LogP contribution in [0.3, 0.4) is 0 Å². The zero-order chi connectivity index (χ0) is 29.4. The molecule has 0 radical (unpaired) electrons. The normalized spacial score (nSPS) is 16.4. The van der Waals surface area contributed by atoms with Gasteiger partial charge in [0.05, 0.1) is 31.4 Å². The number of hydrogen-bond acceptors (Lipinski definition) is 6. The molecule has 1 heterocycles. The summed E-state index contributed by atoms with van der Waals surface area (Å²) < 4.78 is 11.6. The van der Waals surface area contributed by atoms with Crippen LogP contribution in [0.15, 0.2) is 47.6 Å². The highest BCUT2D eigenvalue weighted by atomic mass is 16.5. The second-order valence-corrected chi connectivity index (χ2v) is 12.0. The number of piperidine rings is 1. The van der Waals surface area contributed by atoms with Crippen LogP contribution in [-0.4, -0.2) is 56.9 Å². The molecule has 0 aromatic heterocycles. The zero-order valence-corrected chi connectivity index (χ0v) is 24.2. The average molecular weight is 564 g/mol. The maximum absolute atomic E-state index is 13.2. The third-order valence-electron chi connectivity index (χ3n) is 8.05. The van der Waals surface area contributed by atoms with E-state index < -0.39 is 5.97 Å². The minimum absolute atomic E-state index is 0.0469. The molecule has 10 nitrogen and oxygen atoms in total. The molecule has 1 aliphatic heterocycles. The topological polar surface area (TPSA) is 137 Å². The van der Waals surface area contributed by atoms with E-state index in [1.54, 1.807) is 19.2 Å². The molecule has 2 N–H and O–H groups in total. The number of aliphatic carboxylic acids is 1. The number of nitrogens with one attached hydrogen (secondary N) is 1.